The molecule has 0 aromatic carbocycles. The fourth-order valence-corrected chi connectivity index (χ4v) is 12.5. The Morgan fingerprint density at radius 1 is 0.842 bits per heavy atom. The second-order valence-corrected chi connectivity index (χ2v) is 19.5. The van der Waals surface area contributed by atoms with Gasteiger partial charge in [-0.3, -0.25) is 4.18 Å². The van der Waals surface area contributed by atoms with Crippen LogP contribution in [0.2, 0.25) is 0 Å². The van der Waals surface area contributed by atoms with Gasteiger partial charge >= 0.3 is 29.6 Å². The van der Waals surface area contributed by atoms with Crippen molar-refractivity contribution in [3.05, 3.63) is 12.2 Å². The summed E-state index contributed by atoms with van der Waals surface area (Å²) in [6, 6.07) is 0. The van der Waals surface area contributed by atoms with Crippen molar-refractivity contribution in [3.8, 4) is 0 Å². The molecule has 4 saturated carbocycles. The van der Waals surface area contributed by atoms with Crippen LogP contribution in [0.25, 0.3) is 0 Å². The number of methoxy groups -OCH3 is 1. The van der Waals surface area contributed by atoms with E-state index in [2.05, 4.69) is 32.9 Å². The average molecular weight is 845 g/mol. The monoisotopic (exact) mass is 844 g/mol. The van der Waals surface area contributed by atoms with Gasteiger partial charge in [-0.1, -0.05) is 46.8 Å². The largest absolute Gasteiger partial charge is 1.00 e. The number of aliphatic hydroxyl groups is 7. The molecule has 0 aromatic rings. The molecule has 0 amide bonds. The predicted octanol–water partition coefficient (Wildman–Crippen LogP) is -2.41. The second kappa shape index (κ2) is 18.5. The van der Waals surface area contributed by atoms with Crippen molar-refractivity contribution >= 4 is 10.4 Å². The van der Waals surface area contributed by atoms with Crippen LogP contribution in [0.4, 0.5) is 0 Å². The van der Waals surface area contributed by atoms with Gasteiger partial charge in [0.25, 0.3) is 0 Å². The molecule has 16 nitrogen and oxygen atoms in total. The SMILES string of the molecule is COC1C(O)[C@H](O)CO[C@H]1OC1C(OC[C@@H](C)[C@H](C)/C=C/C(C)C2CC(O)C3C4(O)CC(O)C5CC(O)CC[C@]5(C)C4CC[C@]23C)OC[C@@H](O)C1OS(=O)(=O)[O-].[Na+]. The van der Waals surface area contributed by atoms with Crippen LogP contribution in [-0.4, -0.2) is 149 Å². The number of aliphatic hydroxyl groups excluding tert-OH is 6. The molecule has 0 radical (unpaired) electrons. The van der Waals surface area contributed by atoms with Crippen molar-refractivity contribution in [3.63, 3.8) is 0 Å². The first kappa shape index (κ1) is 48.2. The van der Waals surface area contributed by atoms with Crippen LogP contribution in [-0.2, 0) is 38.3 Å². The quantitative estimate of drug-likeness (QED) is 0.0468. The third kappa shape index (κ3) is 9.42. The first-order valence-corrected chi connectivity index (χ1v) is 21.6. The predicted molar refractivity (Wildman–Crippen MR) is 196 cm³/mol. The van der Waals surface area contributed by atoms with Crippen LogP contribution in [0.15, 0.2) is 12.2 Å². The molecule has 0 spiro atoms. The molecule has 18 heteroatoms. The molecule has 2 saturated heterocycles. The summed E-state index contributed by atoms with van der Waals surface area (Å²) in [6.07, 6.45) is -4.88. The molecule has 14 unspecified atom stereocenters. The van der Waals surface area contributed by atoms with E-state index >= 15 is 0 Å². The van der Waals surface area contributed by atoms with E-state index in [4.69, 9.17) is 27.9 Å². The van der Waals surface area contributed by atoms with E-state index in [-0.39, 0.29) is 95.5 Å². The first-order chi connectivity index (χ1) is 26.1. The van der Waals surface area contributed by atoms with E-state index in [9.17, 15) is 48.7 Å². The van der Waals surface area contributed by atoms with Gasteiger partial charge in [0, 0.05) is 19.4 Å². The Kier molecular flexibility index (Phi) is 15.6. The second-order valence-electron chi connectivity index (χ2n) is 18.5. The molecule has 4 aliphatic carbocycles. The number of fused-ring (bicyclic) bond motifs is 5. The number of allylic oxidation sites excluding steroid dienone is 2. The van der Waals surface area contributed by atoms with Gasteiger partial charge in [-0.05, 0) is 84.9 Å². The smallest absolute Gasteiger partial charge is 0.726 e. The molecule has 6 fully saturated rings. The van der Waals surface area contributed by atoms with Gasteiger partial charge < -0.3 is 64.0 Å². The van der Waals surface area contributed by atoms with Crippen LogP contribution < -0.4 is 29.6 Å². The molecule has 324 valence electrons. The van der Waals surface area contributed by atoms with E-state index in [1.807, 2.05) is 13.8 Å². The molecule has 6 rings (SSSR count). The Morgan fingerprint density at radius 3 is 2.16 bits per heavy atom. The van der Waals surface area contributed by atoms with Crippen molar-refractivity contribution in [2.45, 2.75) is 153 Å². The normalized spacial score (nSPS) is 49.3. The van der Waals surface area contributed by atoms with E-state index in [1.54, 1.807) is 0 Å². The van der Waals surface area contributed by atoms with Crippen LogP contribution in [0.5, 0.6) is 0 Å². The summed E-state index contributed by atoms with van der Waals surface area (Å²) in [6.45, 7) is 9.75. The van der Waals surface area contributed by atoms with Gasteiger partial charge in [-0.15, -0.1) is 0 Å². The van der Waals surface area contributed by atoms with E-state index in [0.29, 0.717) is 19.3 Å². The molecule has 7 N–H and O–H groups in total. The van der Waals surface area contributed by atoms with Crippen LogP contribution in [0, 0.1) is 52.3 Å². The van der Waals surface area contributed by atoms with Gasteiger partial charge in [0.15, 0.2) is 12.6 Å². The zero-order chi connectivity index (χ0) is 41.1. The molecule has 0 aromatic heterocycles. The molecular weight excluding hydrogens is 779 g/mol. The minimum atomic E-state index is -5.32. The molecule has 2 heterocycles. The standard InChI is InChI=1S/C39H66O16S.Na/c1-19(21(3)16-51-35-33(31(28(44)18-52-35)55-56(47,48)49)54-36-32(50-6)30(45)27(43)17-53-36)7-8-20(2)23-14-25(41)34-38(23,5)12-10-29-37(4)11-9-22(40)13-24(37)26(42)15-39(29,34)46;/h7-8,19-36,40-46H,9-18H2,1-6H3,(H,47,48,49);/q;+1/p-1/b8-7+;/t19-,20?,21-,22?,23?,24?,25?,26?,27-,28-,29?,30?,31?,32?,33?,34?,35?,36+,37+,38-,39?;/m1./s1. The molecular formula is C39H65NaO16S. The van der Waals surface area contributed by atoms with E-state index in [1.165, 1.54) is 7.11 Å². The maximum Gasteiger partial charge on any atom is 1.00 e. The van der Waals surface area contributed by atoms with Gasteiger partial charge in [-0.25, -0.2) is 8.42 Å². The zero-order valence-electron chi connectivity index (χ0n) is 34.3. The third-order valence-corrected chi connectivity index (χ3v) is 15.6. The minimum Gasteiger partial charge on any atom is -0.726 e. The molecule has 2 aliphatic heterocycles. The average Bonchev–Trinajstić information content (AvgIpc) is 3.40. The van der Waals surface area contributed by atoms with Gasteiger partial charge in [-0.2, -0.15) is 0 Å². The number of hydrogen-bond donors (Lipinski definition) is 7. The summed E-state index contributed by atoms with van der Waals surface area (Å²) >= 11 is 0. The summed E-state index contributed by atoms with van der Waals surface area (Å²) in [5, 5.41) is 77.2. The topological polar surface area (TPSA) is 254 Å². The Balaban J connectivity index is 0.00000620. The Bertz CT molecular complexity index is 1490. The number of ether oxygens (including phenoxy) is 5. The molecule has 21 atom stereocenters. The van der Waals surface area contributed by atoms with Crippen molar-refractivity contribution < 1.29 is 106 Å². The van der Waals surface area contributed by atoms with Crippen LogP contribution in [0.3, 0.4) is 0 Å². The van der Waals surface area contributed by atoms with Crippen LogP contribution >= 0.6 is 0 Å². The van der Waals surface area contributed by atoms with Gasteiger partial charge in [0.05, 0.1) is 43.7 Å². The fraction of sp³-hybridized carbons (Fsp3) is 0.949. The van der Waals surface area contributed by atoms with E-state index < -0.39 is 96.0 Å². The minimum absolute atomic E-state index is 0. The summed E-state index contributed by atoms with van der Waals surface area (Å²) in [5.41, 5.74) is -1.90. The number of hydrogen-bond acceptors (Lipinski definition) is 16. The van der Waals surface area contributed by atoms with Crippen molar-refractivity contribution in [1.29, 1.82) is 0 Å². The third-order valence-electron chi connectivity index (χ3n) is 15.1. The van der Waals surface area contributed by atoms with Crippen molar-refractivity contribution in [2.75, 3.05) is 26.9 Å². The molecule has 57 heavy (non-hydrogen) atoms. The maximum atomic E-state index is 12.6. The summed E-state index contributed by atoms with van der Waals surface area (Å²) in [5.74, 6) is -0.601. The van der Waals surface area contributed by atoms with Gasteiger partial charge in [0.2, 0.25) is 10.4 Å². The fourth-order valence-electron chi connectivity index (χ4n) is 12.0. The van der Waals surface area contributed by atoms with Crippen molar-refractivity contribution in [1.82, 2.24) is 0 Å². The first-order valence-electron chi connectivity index (χ1n) is 20.3. The van der Waals surface area contributed by atoms with Gasteiger partial charge in [0.1, 0.15) is 36.6 Å². The van der Waals surface area contributed by atoms with Crippen LogP contribution in [0.1, 0.15) is 79.6 Å². The van der Waals surface area contributed by atoms with Crippen molar-refractivity contribution in [2.24, 2.45) is 52.3 Å². The maximum absolute atomic E-state index is 12.6. The summed E-state index contributed by atoms with van der Waals surface area (Å²) < 4.78 is 68.2. The number of rotatable bonds is 12. The Morgan fingerprint density at radius 2 is 1.49 bits per heavy atom. The van der Waals surface area contributed by atoms with E-state index in [0.717, 1.165) is 19.3 Å². The molecule has 0 bridgehead atoms. The Hall–Kier alpha value is 0.130. The summed E-state index contributed by atoms with van der Waals surface area (Å²) in [7, 11) is -4.07. The Labute approximate surface area is 358 Å². The molecule has 6 aliphatic rings. The summed E-state index contributed by atoms with van der Waals surface area (Å²) in [4.78, 5) is 0. The zero-order valence-corrected chi connectivity index (χ0v) is 37.1.